The molecule has 0 saturated carbocycles. The summed E-state index contributed by atoms with van der Waals surface area (Å²) in [5.74, 6) is -0.987. The van der Waals surface area contributed by atoms with Crippen LogP contribution >= 0.6 is 0 Å². The number of rotatable bonds is 6. The number of benzene rings is 2. The normalized spacial score (nSPS) is 20.9. The van der Waals surface area contributed by atoms with Gasteiger partial charge in [0.05, 0.1) is 34.5 Å². The summed E-state index contributed by atoms with van der Waals surface area (Å²) in [6, 6.07) is 8.69. The van der Waals surface area contributed by atoms with Gasteiger partial charge in [0, 0.05) is 19.4 Å². The number of hydrogen-bond donors (Lipinski definition) is 0. The Kier molecular flexibility index (Phi) is 6.86. The molecule has 2 aromatic rings. The third kappa shape index (κ3) is 4.38. The van der Waals surface area contributed by atoms with Crippen molar-refractivity contribution in [2.75, 3.05) is 35.0 Å². The van der Waals surface area contributed by atoms with Gasteiger partial charge >= 0.3 is 11.9 Å². The Morgan fingerprint density at radius 3 is 2.20 bits per heavy atom. The van der Waals surface area contributed by atoms with Crippen molar-refractivity contribution in [1.82, 2.24) is 4.90 Å². The highest BCUT2D eigenvalue weighted by Crippen LogP contribution is 2.49. The Hall–Kier alpha value is -3.75. The van der Waals surface area contributed by atoms with Gasteiger partial charge in [0.2, 0.25) is 5.91 Å². The summed E-state index contributed by atoms with van der Waals surface area (Å²) < 4.78 is 26.7. The number of fused-ring (bicyclic) bond motifs is 3. The van der Waals surface area contributed by atoms with Gasteiger partial charge in [0.25, 0.3) is 0 Å². The molecular weight excluding hydrogens is 454 g/mol. The largest absolute Gasteiger partial charge is 0.493 e. The van der Waals surface area contributed by atoms with Gasteiger partial charge in [-0.2, -0.15) is 0 Å². The topological polar surface area (TPSA) is 101 Å². The minimum absolute atomic E-state index is 0.254. The van der Waals surface area contributed by atoms with Crippen LogP contribution in [0.3, 0.4) is 0 Å². The van der Waals surface area contributed by atoms with Crippen molar-refractivity contribution < 1.29 is 38.1 Å². The lowest BCUT2D eigenvalue weighted by molar-refractivity contribution is -0.160. The molecule has 2 aromatic carbocycles. The summed E-state index contributed by atoms with van der Waals surface area (Å²) in [5, 5.41) is 0. The van der Waals surface area contributed by atoms with E-state index in [1.807, 2.05) is 12.1 Å². The molecule has 0 N–H and O–H groups in total. The van der Waals surface area contributed by atoms with E-state index in [4.69, 9.17) is 23.7 Å². The van der Waals surface area contributed by atoms with E-state index in [0.717, 1.165) is 11.1 Å². The lowest BCUT2D eigenvalue weighted by Crippen LogP contribution is -2.51. The molecule has 4 rings (SSSR count). The number of carbonyl (C=O) groups excluding carboxylic acids is 3. The predicted molar refractivity (Wildman–Crippen MR) is 125 cm³/mol. The van der Waals surface area contributed by atoms with E-state index in [-0.39, 0.29) is 17.7 Å². The highest BCUT2D eigenvalue weighted by atomic mass is 16.6. The smallest absolute Gasteiger partial charge is 0.318 e. The first-order valence-corrected chi connectivity index (χ1v) is 11.3. The summed E-state index contributed by atoms with van der Waals surface area (Å²) in [5.41, 5.74) is 2.77. The van der Waals surface area contributed by atoms with Gasteiger partial charge in [0.15, 0.2) is 23.0 Å². The quantitative estimate of drug-likeness (QED) is 0.351. The number of carbonyl (C=O) groups is 3. The number of piperidine rings is 1. The average molecular weight is 484 g/mol. The van der Waals surface area contributed by atoms with Crippen molar-refractivity contribution in [2.45, 2.75) is 31.7 Å². The predicted octanol–water partition coefficient (Wildman–Crippen LogP) is 3.04. The van der Waals surface area contributed by atoms with E-state index in [9.17, 15) is 14.4 Å². The van der Waals surface area contributed by atoms with Gasteiger partial charge in [-0.25, -0.2) is 0 Å². The average Bonchev–Trinajstić information content (AvgIpc) is 2.86. The van der Waals surface area contributed by atoms with Gasteiger partial charge < -0.3 is 28.6 Å². The zero-order valence-electron chi connectivity index (χ0n) is 20.5. The number of hydrogen-bond acceptors (Lipinski definition) is 8. The van der Waals surface area contributed by atoms with Crippen molar-refractivity contribution in [2.24, 2.45) is 5.92 Å². The fraction of sp³-hybridized carbons (Fsp3) is 0.423. The molecule has 9 heteroatoms. The maximum absolute atomic E-state index is 13.7. The molecule has 186 valence electrons. The fourth-order valence-corrected chi connectivity index (χ4v) is 5.15. The molecule has 1 saturated heterocycles. The zero-order chi connectivity index (χ0) is 25.3. The van der Waals surface area contributed by atoms with Gasteiger partial charge in [-0.05, 0) is 53.8 Å². The molecule has 3 atom stereocenters. The molecule has 0 radical (unpaired) electrons. The number of ether oxygens (including phenoxy) is 5. The second kappa shape index (κ2) is 9.85. The van der Waals surface area contributed by atoms with Crippen LogP contribution in [0.2, 0.25) is 0 Å². The van der Waals surface area contributed by atoms with Crippen LogP contribution in [-0.4, -0.2) is 57.7 Å². The monoisotopic (exact) mass is 483 g/mol. The Bertz CT molecular complexity index is 1160. The van der Waals surface area contributed by atoms with Crippen LogP contribution in [0.4, 0.5) is 0 Å². The van der Waals surface area contributed by atoms with Crippen LogP contribution in [0.1, 0.15) is 42.0 Å². The van der Waals surface area contributed by atoms with Crippen LogP contribution in [0.25, 0.3) is 0 Å². The summed E-state index contributed by atoms with van der Waals surface area (Å²) in [7, 11) is 5.91. The maximum Gasteiger partial charge on any atom is 0.318 e. The Morgan fingerprint density at radius 1 is 0.914 bits per heavy atom. The molecular formula is C26H29NO8. The lowest BCUT2D eigenvalue weighted by atomic mass is 9.73. The standard InChI is InChI=1S/C26H29NO8/c1-14(28)35-20-7-6-15(10-21(20)31-2)18-12-19-17-13-23(33-4)22(32-3)11-16(17)8-9-27(19)25(29)24(18)26(30)34-5/h6-7,10-11,13,18-19,24H,8-9,12H2,1-5H3/t18-,19-,24-/m0/s1. The second-order valence-electron chi connectivity index (χ2n) is 8.55. The molecule has 0 spiro atoms. The first-order chi connectivity index (χ1) is 16.8. The summed E-state index contributed by atoms with van der Waals surface area (Å²) in [6.45, 7) is 1.79. The van der Waals surface area contributed by atoms with E-state index in [1.54, 1.807) is 37.3 Å². The van der Waals surface area contributed by atoms with Crippen LogP contribution in [0, 0.1) is 5.92 Å². The number of amides is 1. The van der Waals surface area contributed by atoms with Crippen LogP contribution in [0.5, 0.6) is 23.0 Å². The van der Waals surface area contributed by atoms with Crippen molar-refractivity contribution in [3.8, 4) is 23.0 Å². The summed E-state index contributed by atoms with van der Waals surface area (Å²) >= 11 is 0. The Labute approximate surface area is 203 Å². The molecule has 2 aliphatic heterocycles. The van der Waals surface area contributed by atoms with Crippen molar-refractivity contribution >= 4 is 17.8 Å². The molecule has 2 heterocycles. The third-order valence-corrected chi connectivity index (χ3v) is 6.76. The van der Waals surface area contributed by atoms with Crippen molar-refractivity contribution in [1.29, 1.82) is 0 Å². The molecule has 35 heavy (non-hydrogen) atoms. The van der Waals surface area contributed by atoms with Crippen molar-refractivity contribution in [3.63, 3.8) is 0 Å². The Morgan fingerprint density at radius 2 is 1.57 bits per heavy atom. The zero-order valence-corrected chi connectivity index (χ0v) is 20.5. The maximum atomic E-state index is 13.7. The molecule has 0 aliphatic carbocycles. The van der Waals surface area contributed by atoms with Crippen molar-refractivity contribution in [3.05, 3.63) is 47.0 Å². The molecule has 1 amide bonds. The molecule has 1 fully saturated rings. The van der Waals surface area contributed by atoms with Crippen LogP contribution in [-0.2, 0) is 25.5 Å². The number of nitrogens with zero attached hydrogens (tertiary/aromatic N) is 1. The first kappa shape index (κ1) is 24.4. The van der Waals surface area contributed by atoms with E-state index in [2.05, 4.69) is 0 Å². The summed E-state index contributed by atoms with van der Waals surface area (Å²) in [4.78, 5) is 39.7. The van der Waals surface area contributed by atoms with E-state index >= 15 is 0 Å². The minimum Gasteiger partial charge on any atom is -0.493 e. The van der Waals surface area contributed by atoms with Gasteiger partial charge in [-0.3, -0.25) is 14.4 Å². The lowest BCUT2D eigenvalue weighted by Gasteiger charge is -2.46. The number of methoxy groups -OCH3 is 4. The van der Waals surface area contributed by atoms with E-state index in [1.165, 1.54) is 21.1 Å². The molecule has 0 bridgehead atoms. The van der Waals surface area contributed by atoms with Crippen LogP contribution < -0.4 is 18.9 Å². The SMILES string of the molecule is COC(=O)[C@@H]1C(=O)N2CCc3cc(OC)c(OC)cc3[C@@H]2C[C@H]1c1ccc(OC(C)=O)c(OC)c1. The van der Waals surface area contributed by atoms with Gasteiger partial charge in [-0.15, -0.1) is 0 Å². The van der Waals surface area contributed by atoms with Gasteiger partial charge in [-0.1, -0.05) is 6.07 Å². The molecule has 0 aromatic heterocycles. The summed E-state index contributed by atoms with van der Waals surface area (Å²) in [6.07, 6.45) is 1.13. The minimum atomic E-state index is -0.998. The molecule has 0 unspecified atom stereocenters. The second-order valence-corrected chi connectivity index (χ2v) is 8.55. The van der Waals surface area contributed by atoms with E-state index < -0.39 is 23.8 Å². The van der Waals surface area contributed by atoms with Crippen LogP contribution in [0.15, 0.2) is 30.3 Å². The first-order valence-electron chi connectivity index (χ1n) is 11.3. The highest BCUT2D eigenvalue weighted by molar-refractivity contribution is 6.00. The van der Waals surface area contributed by atoms with Gasteiger partial charge in [0.1, 0.15) is 5.92 Å². The number of esters is 2. The fourth-order valence-electron chi connectivity index (χ4n) is 5.15. The third-order valence-electron chi connectivity index (χ3n) is 6.76. The Balaban J connectivity index is 1.79. The molecule has 2 aliphatic rings. The van der Waals surface area contributed by atoms with E-state index in [0.29, 0.717) is 42.2 Å². The molecule has 9 nitrogen and oxygen atoms in total. The highest BCUT2D eigenvalue weighted by Gasteiger charge is 2.49.